The van der Waals surface area contributed by atoms with Crippen molar-refractivity contribution in [2.45, 2.75) is 26.4 Å². The van der Waals surface area contributed by atoms with E-state index in [0.29, 0.717) is 23.0 Å². The molecule has 0 aliphatic rings. The number of carbonyl (C=O) groups is 1. The van der Waals surface area contributed by atoms with E-state index < -0.39 is 11.7 Å². The van der Waals surface area contributed by atoms with Gasteiger partial charge < -0.3 is 14.8 Å². The molecule has 2 aromatic heterocycles. The van der Waals surface area contributed by atoms with E-state index in [0.717, 1.165) is 16.8 Å². The first kappa shape index (κ1) is 21.2. The van der Waals surface area contributed by atoms with E-state index in [1.807, 2.05) is 87.6 Å². The van der Waals surface area contributed by atoms with Crippen LogP contribution >= 0.6 is 0 Å². The molecule has 8 heteroatoms. The molecule has 164 valence electrons. The van der Waals surface area contributed by atoms with Crippen LogP contribution in [0.5, 0.6) is 5.75 Å². The molecule has 2 aromatic carbocycles. The van der Waals surface area contributed by atoms with Crippen molar-refractivity contribution in [2.24, 2.45) is 0 Å². The van der Waals surface area contributed by atoms with Gasteiger partial charge in [-0.3, -0.25) is 5.32 Å². The number of para-hydroxylation sites is 2. The largest absolute Gasteiger partial charge is 0.495 e. The fourth-order valence-corrected chi connectivity index (χ4v) is 3.17. The van der Waals surface area contributed by atoms with E-state index in [9.17, 15) is 4.79 Å². The molecule has 2 heterocycles. The lowest BCUT2D eigenvalue weighted by Crippen LogP contribution is -2.27. The van der Waals surface area contributed by atoms with Crippen molar-refractivity contribution in [2.75, 3.05) is 17.7 Å². The van der Waals surface area contributed by atoms with Gasteiger partial charge in [0.1, 0.15) is 11.4 Å². The fourth-order valence-electron chi connectivity index (χ4n) is 3.17. The number of nitrogens with one attached hydrogen (secondary N) is 2. The maximum absolute atomic E-state index is 12.1. The van der Waals surface area contributed by atoms with E-state index in [1.165, 1.54) is 0 Å². The normalized spacial score (nSPS) is 11.2. The third-order valence-electron chi connectivity index (χ3n) is 4.53. The lowest BCUT2D eigenvalue weighted by Gasteiger charge is -2.19. The van der Waals surface area contributed by atoms with Crippen LogP contribution in [0.3, 0.4) is 0 Å². The second-order valence-electron chi connectivity index (χ2n) is 8.19. The highest BCUT2D eigenvalue weighted by atomic mass is 16.6. The van der Waals surface area contributed by atoms with Crippen molar-refractivity contribution in [1.29, 1.82) is 0 Å². The second-order valence-corrected chi connectivity index (χ2v) is 8.19. The summed E-state index contributed by atoms with van der Waals surface area (Å²) in [6.45, 7) is 5.48. The van der Waals surface area contributed by atoms with Gasteiger partial charge in [0.2, 0.25) is 5.95 Å². The van der Waals surface area contributed by atoms with Gasteiger partial charge in [0.15, 0.2) is 5.65 Å². The average Bonchev–Trinajstić information content (AvgIpc) is 3.14. The minimum Gasteiger partial charge on any atom is -0.495 e. The van der Waals surface area contributed by atoms with Crippen molar-refractivity contribution < 1.29 is 14.3 Å². The Kier molecular flexibility index (Phi) is 5.68. The van der Waals surface area contributed by atoms with Crippen LogP contribution in [0.2, 0.25) is 0 Å². The van der Waals surface area contributed by atoms with Crippen LogP contribution in [0.25, 0.3) is 16.8 Å². The van der Waals surface area contributed by atoms with Gasteiger partial charge in [-0.25, -0.2) is 9.31 Å². The van der Waals surface area contributed by atoms with Crippen LogP contribution in [-0.4, -0.2) is 33.4 Å². The third kappa shape index (κ3) is 4.97. The average molecular weight is 431 g/mol. The number of anilines is 3. The Morgan fingerprint density at radius 3 is 2.59 bits per heavy atom. The van der Waals surface area contributed by atoms with Crippen molar-refractivity contribution >= 4 is 29.1 Å². The van der Waals surface area contributed by atoms with Crippen molar-refractivity contribution in [1.82, 2.24) is 14.6 Å². The number of fused-ring (bicyclic) bond motifs is 1. The minimum atomic E-state index is -0.560. The Balaban J connectivity index is 1.56. The molecule has 8 nitrogen and oxygen atoms in total. The molecule has 4 rings (SSSR count). The highest BCUT2D eigenvalue weighted by Crippen LogP contribution is 2.27. The van der Waals surface area contributed by atoms with Crippen molar-refractivity contribution in [3.63, 3.8) is 0 Å². The molecule has 32 heavy (non-hydrogen) atoms. The predicted molar refractivity (Wildman–Crippen MR) is 125 cm³/mol. The van der Waals surface area contributed by atoms with Crippen molar-refractivity contribution in [3.8, 4) is 16.9 Å². The number of carbonyl (C=O) groups excluding carboxylic acids is 1. The first-order valence-corrected chi connectivity index (χ1v) is 10.2. The monoisotopic (exact) mass is 431 g/mol. The lowest BCUT2D eigenvalue weighted by molar-refractivity contribution is 0.0636. The van der Waals surface area contributed by atoms with Crippen molar-refractivity contribution in [3.05, 3.63) is 66.9 Å². The number of aromatic nitrogens is 3. The molecule has 0 saturated heterocycles. The van der Waals surface area contributed by atoms with E-state index >= 15 is 0 Å². The molecule has 0 bridgehead atoms. The Hall–Kier alpha value is -4.07. The Morgan fingerprint density at radius 2 is 1.81 bits per heavy atom. The summed E-state index contributed by atoms with van der Waals surface area (Å²) < 4.78 is 12.4. The summed E-state index contributed by atoms with van der Waals surface area (Å²) in [6.07, 6.45) is 1.40. The summed E-state index contributed by atoms with van der Waals surface area (Å²) in [5, 5.41) is 10.5. The molecule has 0 aliphatic heterocycles. The number of hydrogen-bond acceptors (Lipinski definition) is 6. The first-order chi connectivity index (χ1) is 15.3. The number of benzene rings is 2. The summed E-state index contributed by atoms with van der Waals surface area (Å²) in [5.41, 5.74) is 3.43. The van der Waals surface area contributed by atoms with Gasteiger partial charge in [0.05, 0.1) is 12.8 Å². The molecule has 0 fully saturated rings. The van der Waals surface area contributed by atoms with E-state index in [-0.39, 0.29) is 0 Å². The molecule has 0 spiro atoms. The van der Waals surface area contributed by atoms with Gasteiger partial charge in [-0.2, -0.15) is 4.98 Å². The zero-order chi connectivity index (χ0) is 22.7. The smallest absolute Gasteiger partial charge is 0.412 e. The molecule has 4 aromatic rings. The van der Waals surface area contributed by atoms with Gasteiger partial charge >= 0.3 is 6.09 Å². The number of rotatable bonds is 5. The third-order valence-corrected chi connectivity index (χ3v) is 4.53. The molecule has 0 aliphatic carbocycles. The molecule has 2 N–H and O–H groups in total. The molecular weight excluding hydrogens is 406 g/mol. The summed E-state index contributed by atoms with van der Waals surface area (Å²) in [6, 6.07) is 19.0. The topological polar surface area (TPSA) is 89.8 Å². The van der Waals surface area contributed by atoms with Crippen LogP contribution in [0, 0.1) is 0 Å². The van der Waals surface area contributed by atoms with Crippen LogP contribution < -0.4 is 15.4 Å². The van der Waals surface area contributed by atoms with Gasteiger partial charge in [0.25, 0.3) is 0 Å². The number of ether oxygens (including phenoxy) is 2. The van der Waals surface area contributed by atoms with Crippen LogP contribution in [0.15, 0.2) is 66.9 Å². The minimum absolute atomic E-state index is 0.465. The van der Waals surface area contributed by atoms with Gasteiger partial charge in [-0.1, -0.05) is 24.3 Å². The Morgan fingerprint density at radius 1 is 1.00 bits per heavy atom. The first-order valence-electron chi connectivity index (χ1n) is 10.2. The maximum Gasteiger partial charge on any atom is 0.412 e. The molecule has 0 saturated carbocycles. The summed E-state index contributed by atoms with van der Waals surface area (Å²) in [5.74, 6) is 1.17. The molecular formula is C24H25N5O3. The number of nitrogens with zero attached hydrogens (tertiary/aromatic N) is 3. The number of hydrogen-bond donors (Lipinski definition) is 2. The van der Waals surface area contributed by atoms with Gasteiger partial charge in [0, 0.05) is 17.4 Å². The highest BCUT2D eigenvalue weighted by molar-refractivity contribution is 5.86. The molecule has 0 radical (unpaired) electrons. The van der Waals surface area contributed by atoms with E-state index in [1.54, 1.807) is 11.6 Å². The summed E-state index contributed by atoms with van der Waals surface area (Å²) in [4.78, 5) is 16.6. The zero-order valence-electron chi connectivity index (χ0n) is 18.4. The Labute approximate surface area is 186 Å². The molecule has 0 atom stereocenters. The van der Waals surface area contributed by atoms with Crippen LogP contribution in [0.1, 0.15) is 20.8 Å². The number of pyridine rings is 1. The summed E-state index contributed by atoms with van der Waals surface area (Å²) >= 11 is 0. The zero-order valence-corrected chi connectivity index (χ0v) is 18.4. The number of methoxy groups -OCH3 is 1. The lowest BCUT2D eigenvalue weighted by atomic mass is 10.1. The summed E-state index contributed by atoms with van der Waals surface area (Å²) in [7, 11) is 1.62. The van der Waals surface area contributed by atoms with Crippen LogP contribution in [-0.2, 0) is 4.74 Å². The van der Waals surface area contributed by atoms with Gasteiger partial charge in [-0.05, 0) is 62.7 Å². The predicted octanol–water partition coefficient (Wildman–Crippen LogP) is 5.50. The second kappa shape index (κ2) is 8.58. The van der Waals surface area contributed by atoms with E-state index in [2.05, 4.69) is 20.7 Å². The highest BCUT2D eigenvalue weighted by Gasteiger charge is 2.16. The maximum atomic E-state index is 12.1. The fraction of sp³-hybridized carbons (Fsp3) is 0.208. The SMILES string of the molecule is COc1ccccc1Nc1nc2ccc(-c3cccc(NC(=O)OC(C)(C)C)c3)cn2n1. The molecule has 1 amide bonds. The molecule has 0 unspecified atom stereocenters. The standard InChI is InChI=1S/C24H25N5O3/c1-24(2,3)32-23(30)25-18-9-7-8-16(14-18)17-12-13-21-27-22(28-29(21)15-17)26-19-10-5-6-11-20(19)31-4/h5-15H,1-4H3,(H,25,30)(H,26,28). The quantitative estimate of drug-likeness (QED) is 0.434. The van der Waals surface area contributed by atoms with Gasteiger partial charge in [-0.15, -0.1) is 5.10 Å². The Bertz CT molecular complexity index is 1260. The van der Waals surface area contributed by atoms with Crippen LogP contribution in [0.4, 0.5) is 22.1 Å². The number of amides is 1. The van der Waals surface area contributed by atoms with E-state index in [4.69, 9.17) is 9.47 Å².